The lowest BCUT2D eigenvalue weighted by Gasteiger charge is -2.12. The van der Waals surface area contributed by atoms with Gasteiger partial charge in [0, 0.05) is 5.69 Å². The van der Waals surface area contributed by atoms with Crippen molar-refractivity contribution in [2.24, 2.45) is 5.73 Å². The Hall–Kier alpha value is -1.16. The lowest BCUT2D eigenvalue weighted by Crippen LogP contribution is -2.37. The first-order valence-electron chi connectivity index (χ1n) is 3.08. The Morgan fingerprint density at radius 1 is 1.18 bits per heavy atom. The van der Waals surface area contributed by atoms with Crippen LogP contribution < -0.4 is 11.1 Å². The van der Waals surface area contributed by atoms with Gasteiger partial charge in [0.25, 0.3) is 0 Å². The molecule has 0 unspecified atom stereocenters. The van der Waals surface area contributed by atoms with E-state index in [1.807, 2.05) is 5.32 Å². The van der Waals surface area contributed by atoms with E-state index in [1.54, 1.807) is 18.2 Å². The maximum atomic E-state index is 12.1. The number of nitrogens with two attached hydrogens (primary N) is 1. The van der Waals surface area contributed by atoms with Gasteiger partial charge in [0.05, 0.1) is 0 Å². The highest BCUT2D eigenvalue weighted by molar-refractivity contribution is 5.43. The van der Waals surface area contributed by atoms with Crippen molar-refractivity contribution >= 4 is 5.69 Å². The minimum atomic E-state index is -3.35. The van der Waals surface area contributed by atoms with E-state index in [2.05, 4.69) is 5.73 Å². The molecule has 0 radical (unpaired) electrons. The minimum Gasteiger partial charge on any atom is -0.313 e. The van der Waals surface area contributed by atoms with Gasteiger partial charge in [0.15, 0.2) is 0 Å². The molecule has 0 aliphatic carbocycles. The van der Waals surface area contributed by atoms with Crippen molar-refractivity contribution < 1.29 is 8.78 Å². The van der Waals surface area contributed by atoms with Crippen LogP contribution in [0, 0.1) is 0 Å². The molecule has 1 aromatic carbocycles. The maximum Gasteiger partial charge on any atom is 0.384 e. The third kappa shape index (κ3) is 2.95. The van der Waals surface area contributed by atoms with Gasteiger partial charge < -0.3 is 5.32 Å². The molecule has 0 heterocycles. The second-order valence-corrected chi connectivity index (χ2v) is 2.11. The van der Waals surface area contributed by atoms with E-state index in [9.17, 15) is 8.78 Å². The highest BCUT2D eigenvalue weighted by atomic mass is 19.3. The molecule has 0 aliphatic rings. The Morgan fingerprint density at radius 2 is 1.73 bits per heavy atom. The first-order chi connectivity index (χ1) is 5.08. The number of hydrogen-bond acceptors (Lipinski definition) is 2. The standard InChI is InChI=1S/C7H8F2N2/c8-7(9,10)11-6-4-2-1-3-5-6/h1-5,11H,10H2. The van der Waals surface area contributed by atoms with Crippen molar-refractivity contribution in [3.8, 4) is 0 Å². The monoisotopic (exact) mass is 158 g/mol. The molecule has 3 N–H and O–H groups in total. The molecular weight excluding hydrogens is 150 g/mol. The fourth-order valence-electron chi connectivity index (χ4n) is 0.714. The molecule has 1 aromatic rings. The van der Waals surface area contributed by atoms with Crippen LogP contribution >= 0.6 is 0 Å². The van der Waals surface area contributed by atoms with Crippen molar-refractivity contribution in [3.05, 3.63) is 30.3 Å². The zero-order valence-corrected chi connectivity index (χ0v) is 5.72. The van der Waals surface area contributed by atoms with Crippen molar-refractivity contribution in [2.45, 2.75) is 6.17 Å². The van der Waals surface area contributed by atoms with Crippen LogP contribution in [0.2, 0.25) is 0 Å². The van der Waals surface area contributed by atoms with Gasteiger partial charge in [-0.3, -0.25) is 5.73 Å². The smallest absolute Gasteiger partial charge is 0.313 e. The van der Waals surface area contributed by atoms with Crippen LogP contribution in [-0.4, -0.2) is 6.17 Å². The van der Waals surface area contributed by atoms with Gasteiger partial charge in [-0.1, -0.05) is 18.2 Å². The molecule has 0 amide bonds. The molecule has 4 heteroatoms. The molecule has 0 aromatic heterocycles. The van der Waals surface area contributed by atoms with Crippen molar-refractivity contribution in [1.82, 2.24) is 0 Å². The van der Waals surface area contributed by atoms with Crippen LogP contribution in [0.4, 0.5) is 14.5 Å². The van der Waals surface area contributed by atoms with Gasteiger partial charge in [-0.05, 0) is 12.1 Å². The van der Waals surface area contributed by atoms with E-state index < -0.39 is 6.17 Å². The van der Waals surface area contributed by atoms with Crippen LogP contribution in [0.1, 0.15) is 0 Å². The predicted molar refractivity (Wildman–Crippen MR) is 39.2 cm³/mol. The van der Waals surface area contributed by atoms with Crippen molar-refractivity contribution in [1.29, 1.82) is 0 Å². The van der Waals surface area contributed by atoms with Gasteiger partial charge >= 0.3 is 6.17 Å². The third-order valence-corrected chi connectivity index (χ3v) is 1.08. The molecule has 1 rings (SSSR count). The molecule has 60 valence electrons. The number of halogens is 2. The molecule has 0 aliphatic heterocycles. The number of rotatable bonds is 2. The highest BCUT2D eigenvalue weighted by Gasteiger charge is 2.20. The predicted octanol–water partition coefficient (Wildman–Crippen LogP) is 1.61. The van der Waals surface area contributed by atoms with E-state index in [-0.39, 0.29) is 0 Å². The Labute approximate surface area is 63.0 Å². The molecule has 0 saturated heterocycles. The minimum absolute atomic E-state index is 0.306. The van der Waals surface area contributed by atoms with E-state index in [1.165, 1.54) is 12.1 Å². The Balaban J connectivity index is 2.66. The van der Waals surface area contributed by atoms with Gasteiger partial charge in [0.1, 0.15) is 0 Å². The highest BCUT2D eigenvalue weighted by Crippen LogP contribution is 2.12. The summed E-state index contributed by atoms with van der Waals surface area (Å²) in [6.07, 6.45) is -3.35. The lowest BCUT2D eigenvalue weighted by molar-refractivity contribution is 0.0401. The van der Waals surface area contributed by atoms with Crippen LogP contribution in [0.25, 0.3) is 0 Å². The molecule has 0 saturated carbocycles. The van der Waals surface area contributed by atoms with Crippen LogP contribution in [-0.2, 0) is 0 Å². The second-order valence-electron chi connectivity index (χ2n) is 2.11. The third-order valence-electron chi connectivity index (χ3n) is 1.08. The second kappa shape index (κ2) is 2.84. The quantitative estimate of drug-likeness (QED) is 0.507. The van der Waals surface area contributed by atoms with Gasteiger partial charge in [0.2, 0.25) is 0 Å². The average Bonchev–Trinajstić information content (AvgIpc) is 1.85. The summed E-state index contributed by atoms with van der Waals surface area (Å²) in [5.41, 5.74) is 4.73. The summed E-state index contributed by atoms with van der Waals surface area (Å²) >= 11 is 0. The Morgan fingerprint density at radius 3 is 2.18 bits per heavy atom. The van der Waals surface area contributed by atoms with Gasteiger partial charge in [-0.25, -0.2) is 0 Å². The summed E-state index contributed by atoms with van der Waals surface area (Å²) in [6.45, 7) is 0. The molecule has 11 heavy (non-hydrogen) atoms. The Bertz CT molecular complexity index is 218. The zero-order chi connectivity index (χ0) is 8.32. The normalized spacial score (nSPS) is 11.2. The van der Waals surface area contributed by atoms with E-state index in [0.29, 0.717) is 5.69 Å². The first kappa shape index (κ1) is 7.94. The number of nitrogens with one attached hydrogen (secondary N) is 1. The van der Waals surface area contributed by atoms with Gasteiger partial charge in [-0.15, -0.1) is 0 Å². The summed E-state index contributed by atoms with van der Waals surface area (Å²) < 4.78 is 24.1. The van der Waals surface area contributed by atoms with Crippen LogP contribution in [0.15, 0.2) is 30.3 Å². The average molecular weight is 158 g/mol. The van der Waals surface area contributed by atoms with E-state index in [0.717, 1.165) is 0 Å². The summed E-state index contributed by atoms with van der Waals surface area (Å²) in [5.74, 6) is 0. The summed E-state index contributed by atoms with van der Waals surface area (Å²) in [4.78, 5) is 0. The SMILES string of the molecule is NC(F)(F)Nc1ccccc1. The molecule has 2 nitrogen and oxygen atoms in total. The summed E-state index contributed by atoms with van der Waals surface area (Å²) in [6, 6.07) is 8.06. The van der Waals surface area contributed by atoms with Crippen LogP contribution in [0.5, 0.6) is 0 Å². The van der Waals surface area contributed by atoms with E-state index >= 15 is 0 Å². The molecule has 0 atom stereocenters. The largest absolute Gasteiger partial charge is 0.384 e. The van der Waals surface area contributed by atoms with E-state index in [4.69, 9.17) is 0 Å². The van der Waals surface area contributed by atoms with Crippen LogP contribution in [0.3, 0.4) is 0 Å². The number of anilines is 1. The number of alkyl halides is 2. The summed E-state index contributed by atoms with van der Waals surface area (Å²) in [7, 11) is 0. The Kier molecular flexibility index (Phi) is 2.05. The number of para-hydroxylation sites is 1. The lowest BCUT2D eigenvalue weighted by atomic mass is 10.3. The summed E-state index contributed by atoms with van der Waals surface area (Å²) in [5, 5.41) is 1.83. The molecule has 0 bridgehead atoms. The fraction of sp³-hybridized carbons (Fsp3) is 0.143. The molecule has 0 fully saturated rings. The fourth-order valence-corrected chi connectivity index (χ4v) is 0.714. The topological polar surface area (TPSA) is 38.0 Å². The van der Waals surface area contributed by atoms with Crippen molar-refractivity contribution in [2.75, 3.05) is 5.32 Å². The molecular formula is C7H8F2N2. The number of benzene rings is 1. The zero-order valence-electron chi connectivity index (χ0n) is 5.72. The van der Waals surface area contributed by atoms with Gasteiger partial charge in [-0.2, -0.15) is 8.78 Å². The number of hydrogen-bond donors (Lipinski definition) is 2. The first-order valence-corrected chi connectivity index (χ1v) is 3.08. The maximum absolute atomic E-state index is 12.1. The molecule has 0 spiro atoms. The van der Waals surface area contributed by atoms with Crippen molar-refractivity contribution in [3.63, 3.8) is 0 Å².